The molecule has 0 atom stereocenters. The number of rotatable bonds is 4. The number of benzene rings is 2. The fourth-order valence-corrected chi connectivity index (χ4v) is 3.47. The van der Waals surface area contributed by atoms with Gasteiger partial charge in [-0.2, -0.15) is 4.98 Å². The lowest BCUT2D eigenvalue weighted by atomic mass is 10.2. The highest BCUT2D eigenvalue weighted by molar-refractivity contribution is 7.15. The first kappa shape index (κ1) is 17.3. The number of nitrogens with zero attached hydrogens (tertiary/aromatic N) is 3. The molecule has 2 aromatic heterocycles. The number of aromatic nitrogens is 3. The van der Waals surface area contributed by atoms with E-state index in [-0.39, 0.29) is 5.95 Å². The first-order chi connectivity index (χ1) is 13.1. The Morgan fingerprint density at radius 1 is 1.19 bits per heavy atom. The van der Waals surface area contributed by atoms with E-state index in [0.717, 1.165) is 17.0 Å². The number of halogens is 1. The summed E-state index contributed by atoms with van der Waals surface area (Å²) in [6, 6.07) is 14.1. The molecule has 0 bridgehead atoms. The summed E-state index contributed by atoms with van der Waals surface area (Å²) in [6.45, 7) is 0. The van der Waals surface area contributed by atoms with Gasteiger partial charge in [0.15, 0.2) is 0 Å². The zero-order chi connectivity index (χ0) is 18.8. The number of hydrogen-bond acceptors (Lipinski definition) is 5. The zero-order valence-corrected chi connectivity index (χ0v) is 15.7. The number of carbonyl (C=O) groups excluding carboxylic acids is 1. The summed E-state index contributed by atoms with van der Waals surface area (Å²) in [6.07, 6.45) is 0. The third-order valence-corrected chi connectivity index (χ3v) is 4.84. The van der Waals surface area contributed by atoms with E-state index in [9.17, 15) is 4.79 Å². The molecule has 0 saturated heterocycles. The first-order valence-corrected chi connectivity index (χ1v) is 9.20. The summed E-state index contributed by atoms with van der Waals surface area (Å²) >= 11 is 7.28. The average molecular weight is 400 g/mol. The largest absolute Gasteiger partial charge is 0.497 e. The molecule has 4 aromatic rings. The molecule has 2 amide bonds. The normalized spacial score (nSPS) is 10.7. The Hall–Kier alpha value is -3.10. The second-order valence-corrected chi connectivity index (χ2v) is 6.84. The summed E-state index contributed by atoms with van der Waals surface area (Å²) in [4.78, 5) is 17.2. The number of hydrogen-bond donors (Lipinski definition) is 2. The van der Waals surface area contributed by atoms with E-state index < -0.39 is 6.03 Å². The predicted molar refractivity (Wildman–Crippen MR) is 107 cm³/mol. The van der Waals surface area contributed by atoms with Crippen molar-refractivity contribution in [2.24, 2.45) is 0 Å². The van der Waals surface area contributed by atoms with Crippen LogP contribution in [0.25, 0.3) is 16.2 Å². The molecule has 0 fully saturated rings. The van der Waals surface area contributed by atoms with Gasteiger partial charge >= 0.3 is 6.03 Å². The number of anilines is 2. The molecule has 0 spiro atoms. The van der Waals surface area contributed by atoms with Crippen molar-refractivity contribution in [1.29, 1.82) is 0 Å². The summed E-state index contributed by atoms with van der Waals surface area (Å²) in [5.41, 5.74) is 2.44. The molecular weight excluding hydrogens is 386 g/mol. The zero-order valence-electron chi connectivity index (χ0n) is 14.1. The van der Waals surface area contributed by atoms with Crippen LogP contribution in [0.2, 0.25) is 5.02 Å². The molecule has 9 heteroatoms. The number of carbonyl (C=O) groups is 1. The summed E-state index contributed by atoms with van der Waals surface area (Å²) in [5.74, 6) is 0.977. The quantitative estimate of drug-likeness (QED) is 0.518. The standard InChI is InChI=1S/C18H14ClN5O2S/c1-26-14-4-2-3-11(9-14)15-10-27-18-22-16(23-24(15)18)21-17(25)20-13-7-5-12(19)6-8-13/h2-10H,1H3,(H2,20,21,23,25). The molecule has 4 rings (SSSR count). The van der Waals surface area contributed by atoms with Crippen molar-refractivity contribution in [1.82, 2.24) is 14.6 Å². The Kier molecular flexibility index (Phi) is 4.66. The maximum absolute atomic E-state index is 12.1. The topological polar surface area (TPSA) is 80.5 Å². The van der Waals surface area contributed by atoms with Crippen molar-refractivity contribution in [2.75, 3.05) is 17.7 Å². The van der Waals surface area contributed by atoms with Crippen LogP contribution in [-0.4, -0.2) is 27.7 Å². The lowest BCUT2D eigenvalue weighted by molar-refractivity contribution is 0.262. The van der Waals surface area contributed by atoms with Gasteiger partial charge in [0.2, 0.25) is 4.96 Å². The van der Waals surface area contributed by atoms with Gasteiger partial charge in [0.05, 0.1) is 12.8 Å². The molecule has 0 radical (unpaired) electrons. The van der Waals surface area contributed by atoms with Crippen molar-refractivity contribution in [3.63, 3.8) is 0 Å². The highest BCUT2D eigenvalue weighted by Crippen LogP contribution is 2.28. The lowest BCUT2D eigenvalue weighted by Gasteiger charge is -2.05. The van der Waals surface area contributed by atoms with Gasteiger partial charge in [0.25, 0.3) is 5.95 Å². The molecule has 0 aliphatic rings. The van der Waals surface area contributed by atoms with Crippen molar-refractivity contribution >= 4 is 45.6 Å². The molecule has 27 heavy (non-hydrogen) atoms. The van der Waals surface area contributed by atoms with Gasteiger partial charge in [0.1, 0.15) is 5.75 Å². The average Bonchev–Trinajstić information content (AvgIpc) is 3.23. The van der Waals surface area contributed by atoms with Gasteiger partial charge in [-0.15, -0.1) is 16.4 Å². The second-order valence-electron chi connectivity index (χ2n) is 5.57. The van der Waals surface area contributed by atoms with Crippen LogP contribution in [0.1, 0.15) is 0 Å². The molecule has 2 N–H and O–H groups in total. The molecular formula is C18H14ClN5O2S. The number of urea groups is 1. The van der Waals surface area contributed by atoms with E-state index in [1.807, 2.05) is 29.6 Å². The van der Waals surface area contributed by atoms with Crippen LogP contribution in [0, 0.1) is 0 Å². The Bertz CT molecular complexity index is 1110. The molecule has 0 aliphatic carbocycles. The third kappa shape index (κ3) is 3.71. The van der Waals surface area contributed by atoms with E-state index in [1.54, 1.807) is 35.9 Å². The summed E-state index contributed by atoms with van der Waals surface area (Å²) in [5, 5.41) is 12.3. The molecule has 2 aromatic carbocycles. The maximum atomic E-state index is 12.1. The number of thiazole rings is 1. The molecule has 0 aliphatic heterocycles. The van der Waals surface area contributed by atoms with Gasteiger partial charge in [0, 0.05) is 21.7 Å². The molecule has 136 valence electrons. The van der Waals surface area contributed by atoms with Crippen molar-refractivity contribution in [3.05, 3.63) is 58.9 Å². The van der Waals surface area contributed by atoms with E-state index >= 15 is 0 Å². The maximum Gasteiger partial charge on any atom is 0.326 e. The number of amides is 2. The van der Waals surface area contributed by atoms with E-state index in [4.69, 9.17) is 16.3 Å². The molecule has 0 unspecified atom stereocenters. The van der Waals surface area contributed by atoms with E-state index in [0.29, 0.717) is 15.7 Å². The predicted octanol–water partition coefficient (Wildman–Crippen LogP) is 4.76. The summed E-state index contributed by atoms with van der Waals surface area (Å²) in [7, 11) is 1.62. The second kappa shape index (κ2) is 7.26. The minimum absolute atomic E-state index is 0.220. The van der Waals surface area contributed by atoms with Gasteiger partial charge in [-0.25, -0.2) is 9.31 Å². The smallest absolute Gasteiger partial charge is 0.326 e. The molecule has 0 saturated carbocycles. The van der Waals surface area contributed by atoms with Crippen LogP contribution in [0.15, 0.2) is 53.9 Å². The van der Waals surface area contributed by atoms with Crippen LogP contribution in [0.3, 0.4) is 0 Å². The number of methoxy groups -OCH3 is 1. The van der Waals surface area contributed by atoms with Crippen LogP contribution >= 0.6 is 22.9 Å². The minimum atomic E-state index is -0.432. The van der Waals surface area contributed by atoms with E-state index in [1.165, 1.54) is 11.3 Å². The SMILES string of the molecule is COc1cccc(-c2csc3nc(NC(=O)Nc4ccc(Cl)cc4)nn23)c1. The van der Waals surface area contributed by atoms with Gasteiger partial charge in [-0.3, -0.25) is 5.32 Å². The van der Waals surface area contributed by atoms with Crippen LogP contribution in [-0.2, 0) is 0 Å². The Balaban J connectivity index is 1.54. The Morgan fingerprint density at radius 2 is 2.00 bits per heavy atom. The van der Waals surface area contributed by atoms with Crippen LogP contribution < -0.4 is 15.4 Å². The summed E-state index contributed by atoms with van der Waals surface area (Å²) < 4.78 is 6.96. The Morgan fingerprint density at radius 3 is 2.78 bits per heavy atom. The van der Waals surface area contributed by atoms with Gasteiger partial charge in [-0.1, -0.05) is 23.7 Å². The fourth-order valence-electron chi connectivity index (χ4n) is 2.51. The highest BCUT2D eigenvalue weighted by Gasteiger charge is 2.14. The van der Waals surface area contributed by atoms with E-state index in [2.05, 4.69) is 20.7 Å². The number of nitrogens with one attached hydrogen (secondary N) is 2. The van der Waals surface area contributed by atoms with Gasteiger partial charge in [-0.05, 0) is 36.4 Å². The monoisotopic (exact) mass is 399 g/mol. The van der Waals surface area contributed by atoms with Crippen molar-refractivity contribution < 1.29 is 9.53 Å². The number of ether oxygens (including phenoxy) is 1. The fraction of sp³-hybridized carbons (Fsp3) is 0.0556. The number of fused-ring (bicyclic) bond motifs is 1. The van der Waals surface area contributed by atoms with Crippen LogP contribution in [0.5, 0.6) is 5.75 Å². The van der Waals surface area contributed by atoms with Crippen molar-refractivity contribution in [2.45, 2.75) is 0 Å². The Labute approximate surface area is 163 Å². The van der Waals surface area contributed by atoms with Crippen LogP contribution in [0.4, 0.5) is 16.4 Å². The molecule has 7 nitrogen and oxygen atoms in total. The minimum Gasteiger partial charge on any atom is -0.497 e. The molecule has 2 heterocycles. The lowest BCUT2D eigenvalue weighted by Crippen LogP contribution is -2.20. The van der Waals surface area contributed by atoms with Crippen molar-refractivity contribution in [3.8, 4) is 17.0 Å². The third-order valence-electron chi connectivity index (χ3n) is 3.77. The highest BCUT2D eigenvalue weighted by atomic mass is 35.5. The first-order valence-electron chi connectivity index (χ1n) is 7.94. The van der Waals surface area contributed by atoms with Gasteiger partial charge < -0.3 is 10.1 Å².